The lowest BCUT2D eigenvalue weighted by atomic mass is 9.75. The van der Waals surface area contributed by atoms with Crippen LogP contribution in [-0.2, 0) is 9.47 Å². The van der Waals surface area contributed by atoms with Gasteiger partial charge in [0.15, 0.2) is 0 Å². The molecular weight excluding hydrogens is 288 g/mol. The Hall–Kier alpha value is -0.990. The van der Waals surface area contributed by atoms with Gasteiger partial charge in [-0.05, 0) is 56.3 Å². The van der Waals surface area contributed by atoms with Crippen LogP contribution >= 0.6 is 0 Å². The van der Waals surface area contributed by atoms with E-state index in [4.69, 9.17) is 9.47 Å². The summed E-state index contributed by atoms with van der Waals surface area (Å²) in [6.45, 7) is 9.37. The largest absolute Gasteiger partial charge is 0.508 e. The standard InChI is InChI=1S/C20H34O3/c1-5-20(11-7-6-8-12-20)14-22-19(21)23-18-13-16(4)9-10-17(18)15(2)3/h6-7,15-18H,5,8-14H2,1-4H3. The molecule has 0 bridgehead atoms. The first kappa shape index (κ1) is 18.4. The van der Waals surface area contributed by atoms with Crippen LogP contribution in [0.4, 0.5) is 4.79 Å². The summed E-state index contributed by atoms with van der Waals surface area (Å²) in [7, 11) is 0. The highest BCUT2D eigenvalue weighted by molar-refractivity contribution is 5.60. The molecular formula is C20H34O3. The van der Waals surface area contributed by atoms with Gasteiger partial charge in [0.1, 0.15) is 12.7 Å². The predicted octanol–water partition coefficient (Wildman–Crippen LogP) is 5.74. The molecule has 23 heavy (non-hydrogen) atoms. The van der Waals surface area contributed by atoms with Gasteiger partial charge in [-0.15, -0.1) is 0 Å². The Morgan fingerprint density at radius 2 is 2.09 bits per heavy atom. The third-order valence-electron chi connectivity index (χ3n) is 6.01. The summed E-state index contributed by atoms with van der Waals surface area (Å²) < 4.78 is 11.3. The second-order valence-electron chi connectivity index (χ2n) is 8.09. The Kier molecular flexibility index (Phi) is 6.55. The van der Waals surface area contributed by atoms with Gasteiger partial charge in [-0.25, -0.2) is 4.79 Å². The summed E-state index contributed by atoms with van der Waals surface area (Å²) in [6.07, 6.45) is 11.6. The molecule has 4 atom stereocenters. The zero-order chi connectivity index (χ0) is 16.9. The third-order valence-corrected chi connectivity index (χ3v) is 6.01. The van der Waals surface area contributed by atoms with Crippen LogP contribution in [0.1, 0.15) is 72.6 Å². The number of hydrogen-bond donors (Lipinski definition) is 0. The number of rotatable bonds is 5. The normalized spacial score (nSPS) is 34.4. The summed E-state index contributed by atoms with van der Waals surface area (Å²) in [6, 6.07) is 0. The first-order valence-corrected chi connectivity index (χ1v) is 9.44. The fourth-order valence-corrected chi connectivity index (χ4v) is 4.12. The first-order chi connectivity index (χ1) is 11.0. The van der Waals surface area contributed by atoms with Gasteiger partial charge < -0.3 is 9.47 Å². The molecule has 0 aliphatic heterocycles. The van der Waals surface area contributed by atoms with E-state index in [2.05, 4.69) is 39.8 Å². The molecule has 0 aromatic carbocycles. The molecule has 0 saturated heterocycles. The third kappa shape index (κ3) is 4.99. The van der Waals surface area contributed by atoms with Gasteiger partial charge in [0, 0.05) is 5.41 Å². The molecule has 2 aliphatic rings. The van der Waals surface area contributed by atoms with E-state index in [0.717, 1.165) is 38.5 Å². The fourth-order valence-electron chi connectivity index (χ4n) is 4.12. The van der Waals surface area contributed by atoms with Crippen LogP contribution in [0.2, 0.25) is 0 Å². The lowest BCUT2D eigenvalue weighted by molar-refractivity contribution is -0.0450. The van der Waals surface area contributed by atoms with Gasteiger partial charge in [0.25, 0.3) is 0 Å². The van der Waals surface area contributed by atoms with Crippen molar-refractivity contribution in [3.63, 3.8) is 0 Å². The zero-order valence-electron chi connectivity index (χ0n) is 15.3. The summed E-state index contributed by atoms with van der Waals surface area (Å²) in [5, 5.41) is 0. The monoisotopic (exact) mass is 322 g/mol. The lowest BCUT2D eigenvalue weighted by Gasteiger charge is -2.37. The highest BCUT2D eigenvalue weighted by Crippen LogP contribution is 2.37. The smallest absolute Gasteiger partial charge is 0.434 e. The molecule has 2 aliphatic carbocycles. The van der Waals surface area contributed by atoms with Crippen molar-refractivity contribution in [3.8, 4) is 0 Å². The van der Waals surface area contributed by atoms with Crippen LogP contribution in [0.5, 0.6) is 0 Å². The Morgan fingerprint density at radius 1 is 1.30 bits per heavy atom. The molecule has 0 spiro atoms. The van der Waals surface area contributed by atoms with Crippen LogP contribution in [0.15, 0.2) is 12.2 Å². The van der Waals surface area contributed by atoms with Gasteiger partial charge in [-0.1, -0.05) is 46.3 Å². The molecule has 1 fully saturated rings. The van der Waals surface area contributed by atoms with Crippen LogP contribution in [-0.4, -0.2) is 18.9 Å². The van der Waals surface area contributed by atoms with Gasteiger partial charge in [-0.2, -0.15) is 0 Å². The molecule has 0 aromatic heterocycles. The zero-order valence-corrected chi connectivity index (χ0v) is 15.3. The lowest BCUT2D eigenvalue weighted by Crippen LogP contribution is -2.37. The highest BCUT2D eigenvalue weighted by Gasteiger charge is 2.35. The quantitative estimate of drug-likeness (QED) is 0.478. The Balaban J connectivity index is 1.86. The molecule has 3 nitrogen and oxygen atoms in total. The molecule has 132 valence electrons. The van der Waals surface area contributed by atoms with Crippen molar-refractivity contribution in [2.45, 2.75) is 78.7 Å². The molecule has 2 rings (SSSR count). The Bertz CT molecular complexity index is 415. The average molecular weight is 322 g/mol. The molecule has 0 amide bonds. The van der Waals surface area contributed by atoms with Gasteiger partial charge >= 0.3 is 6.16 Å². The van der Waals surface area contributed by atoms with E-state index in [0.29, 0.717) is 24.4 Å². The van der Waals surface area contributed by atoms with Gasteiger partial charge in [0.05, 0.1) is 0 Å². The SMILES string of the molecule is CCC1(COC(=O)OC2CC(C)CCC2C(C)C)CC=CCC1. The highest BCUT2D eigenvalue weighted by atomic mass is 16.7. The van der Waals surface area contributed by atoms with Crippen LogP contribution in [0, 0.1) is 23.2 Å². The fraction of sp³-hybridized carbons (Fsp3) is 0.850. The molecule has 0 radical (unpaired) electrons. The molecule has 3 heteroatoms. The second-order valence-corrected chi connectivity index (χ2v) is 8.09. The van der Waals surface area contributed by atoms with Crippen molar-refractivity contribution in [2.24, 2.45) is 23.2 Å². The maximum atomic E-state index is 12.2. The van der Waals surface area contributed by atoms with Crippen molar-refractivity contribution < 1.29 is 14.3 Å². The number of hydrogen-bond acceptors (Lipinski definition) is 3. The van der Waals surface area contributed by atoms with Crippen molar-refractivity contribution in [3.05, 3.63) is 12.2 Å². The van der Waals surface area contributed by atoms with E-state index in [1.807, 2.05) is 0 Å². The second kappa shape index (κ2) is 8.21. The summed E-state index contributed by atoms with van der Waals surface area (Å²) in [4.78, 5) is 12.2. The van der Waals surface area contributed by atoms with Crippen molar-refractivity contribution in [1.82, 2.24) is 0 Å². The minimum Gasteiger partial charge on any atom is -0.434 e. The van der Waals surface area contributed by atoms with Crippen LogP contribution in [0.3, 0.4) is 0 Å². The van der Waals surface area contributed by atoms with Crippen molar-refractivity contribution in [1.29, 1.82) is 0 Å². The average Bonchev–Trinajstić information content (AvgIpc) is 2.53. The van der Waals surface area contributed by atoms with E-state index in [1.165, 1.54) is 6.42 Å². The van der Waals surface area contributed by atoms with E-state index >= 15 is 0 Å². The summed E-state index contributed by atoms with van der Waals surface area (Å²) >= 11 is 0. The number of carbonyl (C=O) groups is 1. The van der Waals surface area contributed by atoms with E-state index in [1.54, 1.807) is 0 Å². The molecule has 4 unspecified atom stereocenters. The van der Waals surface area contributed by atoms with E-state index in [-0.39, 0.29) is 11.5 Å². The maximum Gasteiger partial charge on any atom is 0.508 e. The van der Waals surface area contributed by atoms with Gasteiger partial charge in [-0.3, -0.25) is 0 Å². The minimum absolute atomic E-state index is 0.0232. The van der Waals surface area contributed by atoms with Gasteiger partial charge in [0.2, 0.25) is 0 Å². The summed E-state index contributed by atoms with van der Waals surface area (Å²) in [5.74, 6) is 1.65. The number of allylic oxidation sites excluding steroid dienone is 2. The molecule has 0 heterocycles. The van der Waals surface area contributed by atoms with Crippen molar-refractivity contribution >= 4 is 6.16 Å². The number of ether oxygens (including phenoxy) is 2. The summed E-state index contributed by atoms with van der Waals surface area (Å²) in [5.41, 5.74) is 0.116. The van der Waals surface area contributed by atoms with E-state index in [9.17, 15) is 4.79 Å². The molecule has 1 saturated carbocycles. The predicted molar refractivity (Wildman–Crippen MR) is 93.3 cm³/mol. The number of carbonyl (C=O) groups excluding carboxylic acids is 1. The van der Waals surface area contributed by atoms with E-state index < -0.39 is 6.16 Å². The minimum atomic E-state index is -0.461. The Morgan fingerprint density at radius 3 is 2.70 bits per heavy atom. The first-order valence-electron chi connectivity index (χ1n) is 9.44. The Labute approximate surface area is 141 Å². The van der Waals surface area contributed by atoms with Crippen molar-refractivity contribution in [2.75, 3.05) is 6.61 Å². The molecule has 0 aromatic rings. The maximum absolute atomic E-state index is 12.2. The topological polar surface area (TPSA) is 35.5 Å². The van der Waals surface area contributed by atoms with Crippen LogP contribution in [0.25, 0.3) is 0 Å². The molecule has 0 N–H and O–H groups in total. The van der Waals surface area contributed by atoms with Crippen LogP contribution < -0.4 is 0 Å².